The molecular weight excluding hydrogens is 226 g/mol. The Morgan fingerprint density at radius 3 is 2.44 bits per heavy atom. The molecule has 1 fully saturated rings. The number of carbonyl (C=O) groups excluding carboxylic acids is 2. The highest BCUT2D eigenvalue weighted by Gasteiger charge is 2.36. The zero-order valence-corrected chi connectivity index (χ0v) is 12.3. The van der Waals surface area contributed by atoms with Crippen molar-refractivity contribution in [3.63, 3.8) is 0 Å². The molecule has 0 aliphatic carbocycles. The van der Waals surface area contributed by atoms with Crippen LogP contribution < -0.4 is 0 Å². The van der Waals surface area contributed by atoms with E-state index < -0.39 is 5.41 Å². The van der Waals surface area contributed by atoms with Crippen LogP contribution in [0.2, 0.25) is 0 Å². The van der Waals surface area contributed by atoms with Crippen LogP contribution in [0.5, 0.6) is 0 Å². The van der Waals surface area contributed by atoms with Gasteiger partial charge in [-0.25, -0.2) is 0 Å². The van der Waals surface area contributed by atoms with Crippen molar-refractivity contribution >= 4 is 11.7 Å². The molecule has 0 radical (unpaired) electrons. The highest BCUT2D eigenvalue weighted by Crippen LogP contribution is 2.25. The fraction of sp³-hybridized carbons (Fsp3) is 0.867. The summed E-state index contributed by atoms with van der Waals surface area (Å²) in [6.07, 6.45) is 6.73. The first kappa shape index (κ1) is 15.2. The number of hydrogen-bond acceptors (Lipinski definition) is 2. The van der Waals surface area contributed by atoms with Gasteiger partial charge in [0.15, 0.2) is 0 Å². The minimum atomic E-state index is -0.562. The van der Waals surface area contributed by atoms with Crippen LogP contribution in [-0.2, 0) is 9.59 Å². The Morgan fingerprint density at radius 2 is 1.89 bits per heavy atom. The molecule has 1 aliphatic rings. The van der Waals surface area contributed by atoms with Crippen molar-refractivity contribution in [2.75, 3.05) is 6.54 Å². The van der Waals surface area contributed by atoms with Crippen LogP contribution in [0.4, 0.5) is 0 Å². The van der Waals surface area contributed by atoms with Gasteiger partial charge >= 0.3 is 0 Å². The summed E-state index contributed by atoms with van der Waals surface area (Å²) < 4.78 is 0. The van der Waals surface area contributed by atoms with Crippen molar-refractivity contribution in [2.45, 2.75) is 72.3 Å². The summed E-state index contributed by atoms with van der Waals surface area (Å²) in [5.74, 6) is -0.508. The normalized spacial score (nSPS) is 20.2. The van der Waals surface area contributed by atoms with E-state index in [9.17, 15) is 9.59 Å². The van der Waals surface area contributed by atoms with E-state index in [0.29, 0.717) is 6.04 Å². The molecule has 0 spiro atoms. The number of hydrogen-bond donors (Lipinski definition) is 0. The van der Waals surface area contributed by atoms with E-state index >= 15 is 0 Å². The number of rotatable bonds is 5. The van der Waals surface area contributed by atoms with Crippen molar-refractivity contribution in [1.82, 2.24) is 4.90 Å². The Balaban J connectivity index is 2.58. The van der Waals surface area contributed by atoms with Crippen LogP contribution in [0, 0.1) is 5.41 Å². The molecule has 1 aliphatic heterocycles. The number of amides is 1. The summed E-state index contributed by atoms with van der Waals surface area (Å²) in [5.41, 5.74) is -0.562. The highest BCUT2D eigenvalue weighted by molar-refractivity contribution is 6.37. The summed E-state index contributed by atoms with van der Waals surface area (Å²) in [4.78, 5) is 26.1. The Hall–Kier alpha value is -0.860. The molecular formula is C15H27NO2. The van der Waals surface area contributed by atoms with Gasteiger partial charge in [0.2, 0.25) is 5.78 Å². The van der Waals surface area contributed by atoms with E-state index in [4.69, 9.17) is 0 Å². The lowest BCUT2D eigenvalue weighted by atomic mass is 9.90. The quantitative estimate of drug-likeness (QED) is 0.557. The van der Waals surface area contributed by atoms with Crippen molar-refractivity contribution in [2.24, 2.45) is 5.41 Å². The molecule has 1 heterocycles. The van der Waals surface area contributed by atoms with Crippen LogP contribution in [-0.4, -0.2) is 29.2 Å². The summed E-state index contributed by atoms with van der Waals surface area (Å²) in [6.45, 7) is 8.39. The van der Waals surface area contributed by atoms with E-state index in [1.165, 1.54) is 12.8 Å². The SMILES string of the molecule is CCCCCC1CCCN1C(=O)C(=O)C(C)(C)C. The van der Waals surface area contributed by atoms with Crippen molar-refractivity contribution in [3.8, 4) is 0 Å². The molecule has 0 aromatic heterocycles. The van der Waals surface area contributed by atoms with E-state index in [2.05, 4.69) is 6.92 Å². The van der Waals surface area contributed by atoms with Crippen molar-refractivity contribution < 1.29 is 9.59 Å². The zero-order valence-electron chi connectivity index (χ0n) is 12.3. The Morgan fingerprint density at radius 1 is 1.22 bits per heavy atom. The predicted molar refractivity (Wildman–Crippen MR) is 73.3 cm³/mol. The van der Waals surface area contributed by atoms with Gasteiger partial charge in [-0.1, -0.05) is 47.0 Å². The third kappa shape index (κ3) is 3.82. The maximum absolute atomic E-state index is 12.2. The summed E-state index contributed by atoms with van der Waals surface area (Å²) >= 11 is 0. The molecule has 3 heteroatoms. The topological polar surface area (TPSA) is 37.4 Å². The largest absolute Gasteiger partial charge is 0.333 e. The maximum atomic E-state index is 12.2. The Bertz CT molecular complexity index is 304. The van der Waals surface area contributed by atoms with Crippen molar-refractivity contribution in [1.29, 1.82) is 0 Å². The fourth-order valence-corrected chi connectivity index (χ4v) is 2.48. The second kappa shape index (κ2) is 6.35. The minimum Gasteiger partial charge on any atom is -0.333 e. The lowest BCUT2D eigenvalue weighted by Crippen LogP contribution is -2.44. The third-order valence-corrected chi connectivity index (χ3v) is 3.65. The second-order valence-corrected chi connectivity index (χ2v) is 6.37. The standard InChI is InChI=1S/C15H27NO2/c1-5-6-7-9-12-10-8-11-16(12)14(18)13(17)15(2,3)4/h12H,5-11H2,1-4H3. The molecule has 0 N–H and O–H groups in total. The van der Waals surface area contributed by atoms with Gasteiger partial charge in [0.05, 0.1) is 0 Å². The molecule has 0 aromatic carbocycles. The van der Waals surface area contributed by atoms with Gasteiger partial charge < -0.3 is 4.90 Å². The molecule has 1 unspecified atom stereocenters. The highest BCUT2D eigenvalue weighted by atomic mass is 16.2. The van der Waals surface area contributed by atoms with E-state index in [0.717, 1.165) is 32.2 Å². The number of nitrogens with zero attached hydrogens (tertiary/aromatic N) is 1. The first-order valence-corrected chi connectivity index (χ1v) is 7.23. The molecule has 18 heavy (non-hydrogen) atoms. The third-order valence-electron chi connectivity index (χ3n) is 3.65. The Kier molecular flexibility index (Phi) is 5.36. The van der Waals surface area contributed by atoms with Gasteiger partial charge in [0.1, 0.15) is 0 Å². The zero-order chi connectivity index (χ0) is 13.8. The van der Waals surface area contributed by atoms with Gasteiger partial charge in [0.25, 0.3) is 5.91 Å². The van der Waals surface area contributed by atoms with E-state index in [1.807, 2.05) is 25.7 Å². The van der Waals surface area contributed by atoms with Gasteiger partial charge in [0, 0.05) is 18.0 Å². The molecule has 0 aromatic rings. The number of Topliss-reactive ketones (excluding diaryl/α,β-unsaturated/α-hetero) is 1. The average Bonchev–Trinajstić information content (AvgIpc) is 2.74. The minimum absolute atomic E-state index is 0.245. The maximum Gasteiger partial charge on any atom is 0.290 e. The first-order chi connectivity index (χ1) is 8.38. The fourth-order valence-electron chi connectivity index (χ4n) is 2.48. The molecule has 1 saturated heterocycles. The lowest BCUT2D eigenvalue weighted by molar-refractivity contribution is -0.149. The van der Waals surface area contributed by atoms with Crippen LogP contribution in [0.3, 0.4) is 0 Å². The molecule has 0 saturated carbocycles. The summed E-state index contributed by atoms with van der Waals surface area (Å²) in [6, 6.07) is 0.301. The molecule has 1 amide bonds. The van der Waals surface area contributed by atoms with Gasteiger partial charge in [-0.15, -0.1) is 0 Å². The second-order valence-electron chi connectivity index (χ2n) is 6.37. The first-order valence-electron chi connectivity index (χ1n) is 7.23. The smallest absolute Gasteiger partial charge is 0.290 e. The Labute approximate surface area is 111 Å². The molecule has 1 rings (SSSR count). The predicted octanol–water partition coefficient (Wildman–Crippen LogP) is 3.17. The van der Waals surface area contributed by atoms with E-state index in [-0.39, 0.29) is 11.7 Å². The molecule has 0 bridgehead atoms. The number of carbonyl (C=O) groups is 2. The van der Waals surface area contributed by atoms with Crippen molar-refractivity contribution in [3.05, 3.63) is 0 Å². The molecule has 104 valence electrons. The number of unbranched alkanes of at least 4 members (excludes halogenated alkanes) is 2. The molecule has 3 nitrogen and oxygen atoms in total. The summed E-state index contributed by atoms with van der Waals surface area (Å²) in [7, 11) is 0. The number of likely N-dealkylation sites (tertiary alicyclic amines) is 1. The van der Waals surface area contributed by atoms with Gasteiger partial charge in [-0.3, -0.25) is 9.59 Å². The van der Waals surface area contributed by atoms with Crippen LogP contribution in [0.25, 0.3) is 0 Å². The monoisotopic (exact) mass is 253 g/mol. The van der Waals surface area contributed by atoms with Gasteiger partial charge in [-0.2, -0.15) is 0 Å². The van der Waals surface area contributed by atoms with Crippen LogP contribution >= 0.6 is 0 Å². The average molecular weight is 253 g/mol. The summed E-state index contributed by atoms with van der Waals surface area (Å²) in [5, 5.41) is 0. The van der Waals surface area contributed by atoms with Gasteiger partial charge in [-0.05, 0) is 19.3 Å². The lowest BCUT2D eigenvalue weighted by Gasteiger charge is -2.27. The van der Waals surface area contributed by atoms with E-state index in [1.54, 1.807) is 0 Å². The van der Waals surface area contributed by atoms with Crippen LogP contribution in [0.15, 0.2) is 0 Å². The van der Waals surface area contributed by atoms with Crippen LogP contribution in [0.1, 0.15) is 66.2 Å². The molecule has 1 atom stereocenters. The number of ketones is 1.